The average molecular weight is 295 g/mol. The number of β-amino-alcohol motifs (C(OH)–C–C–N with tert-alkyl or cyclic N) is 2. The van der Waals surface area contributed by atoms with E-state index in [-0.39, 0.29) is 19.5 Å². The summed E-state index contributed by atoms with van der Waals surface area (Å²) in [5.41, 5.74) is 0. The zero-order valence-electron chi connectivity index (χ0n) is 10.8. The van der Waals surface area contributed by atoms with Crippen molar-refractivity contribution in [3.63, 3.8) is 0 Å². The second-order valence-electron chi connectivity index (χ2n) is 5.00. The van der Waals surface area contributed by atoms with E-state index >= 15 is 0 Å². The van der Waals surface area contributed by atoms with E-state index in [1.165, 1.54) is 4.90 Å². The molecule has 6 atom stereocenters. The van der Waals surface area contributed by atoms with Crippen molar-refractivity contribution in [3.05, 3.63) is 0 Å². The third-order valence-electron chi connectivity index (χ3n) is 3.41. The molecule has 4 unspecified atom stereocenters. The van der Waals surface area contributed by atoms with Gasteiger partial charge < -0.3 is 35.7 Å². The number of hydrogen-bond donors (Lipinski definition) is 7. The molecule has 0 saturated carbocycles. The Kier molecular flexibility index (Phi) is 6.27. The van der Waals surface area contributed by atoms with Gasteiger partial charge in [0.15, 0.2) is 0 Å². The fourth-order valence-corrected chi connectivity index (χ4v) is 2.25. The average Bonchev–Trinajstić information content (AvgIpc) is 2.76. The Balaban J connectivity index is 2.60. The first kappa shape index (κ1) is 17.2. The highest BCUT2D eigenvalue weighted by Crippen LogP contribution is 2.19. The number of aliphatic hydroxyl groups excluding tert-OH is 6. The topological polar surface area (TPSA) is 162 Å². The molecule has 1 heterocycles. The Labute approximate surface area is 115 Å². The van der Waals surface area contributed by atoms with Gasteiger partial charge in [-0.2, -0.15) is 0 Å². The molecule has 0 radical (unpaired) electrons. The van der Waals surface area contributed by atoms with Gasteiger partial charge in [0.05, 0.1) is 18.8 Å². The van der Waals surface area contributed by atoms with Crippen molar-refractivity contribution >= 4 is 5.97 Å². The van der Waals surface area contributed by atoms with Gasteiger partial charge in [0, 0.05) is 19.5 Å². The van der Waals surface area contributed by atoms with Crippen LogP contribution in [0.5, 0.6) is 0 Å². The molecule has 0 aromatic rings. The Morgan fingerprint density at radius 1 is 1.15 bits per heavy atom. The second kappa shape index (κ2) is 7.27. The number of carbonyl (C=O) groups is 1. The molecule has 7 N–H and O–H groups in total. The molecule has 9 heteroatoms. The highest BCUT2D eigenvalue weighted by Gasteiger charge is 2.39. The zero-order chi connectivity index (χ0) is 15.4. The van der Waals surface area contributed by atoms with Crippen molar-refractivity contribution in [3.8, 4) is 0 Å². The van der Waals surface area contributed by atoms with E-state index in [1.807, 2.05) is 0 Å². The normalized spacial score (nSPS) is 29.9. The number of aliphatic carboxylic acids is 1. The summed E-state index contributed by atoms with van der Waals surface area (Å²) < 4.78 is 0. The smallest absolute Gasteiger partial charge is 0.321 e. The van der Waals surface area contributed by atoms with E-state index in [0.717, 1.165) is 0 Å². The van der Waals surface area contributed by atoms with Gasteiger partial charge >= 0.3 is 5.97 Å². The molecule has 9 nitrogen and oxygen atoms in total. The van der Waals surface area contributed by atoms with Gasteiger partial charge in [0.1, 0.15) is 24.4 Å². The van der Waals surface area contributed by atoms with Crippen LogP contribution < -0.4 is 0 Å². The maximum atomic E-state index is 11.0. The molecular formula is C11H21NO8. The molecule has 0 amide bonds. The molecule has 0 bridgehead atoms. The molecule has 1 rings (SSSR count). The Bertz CT molecular complexity index is 328. The summed E-state index contributed by atoms with van der Waals surface area (Å²) in [4.78, 5) is 12.3. The molecule has 1 aliphatic heterocycles. The molecular weight excluding hydrogens is 274 g/mol. The Hall–Kier alpha value is -0.810. The van der Waals surface area contributed by atoms with Crippen LogP contribution in [-0.4, -0.2) is 103 Å². The Morgan fingerprint density at radius 3 is 2.20 bits per heavy atom. The number of likely N-dealkylation sites (tertiary alicyclic amines) is 1. The van der Waals surface area contributed by atoms with Crippen molar-refractivity contribution in [2.24, 2.45) is 0 Å². The van der Waals surface area contributed by atoms with E-state index in [4.69, 9.17) is 10.2 Å². The summed E-state index contributed by atoms with van der Waals surface area (Å²) >= 11 is 0. The van der Waals surface area contributed by atoms with Crippen molar-refractivity contribution < 1.29 is 40.5 Å². The van der Waals surface area contributed by atoms with Gasteiger partial charge in [-0.05, 0) is 0 Å². The van der Waals surface area contributed by atoms with Gasteiger partial charge in [-0.1, -0.05) is 0 Å². The van der Waals surface area contributed by atoms with Gasteiger partial charge in [-0.3, -0.25) is 9.69 Å². The molecule has 20 heavy (non-hydrogen) atoms. The first-order chi connectivity index (χ1) is 9.27. The summed E-state index contributed by atoms with van der Waals surface area (Å²) in [5.74, 6) is -1.15. The molecule has 1 fully saturated rings. The summed E-state index contributed by atoms with van der Waals surface area (Å²) in [7, 11) is 0. The van der Waals surface area contributed by atoms with Gasteiger partial charge in [0.25, 0.3) is 0 Å². The lowest BCUT2D eigenvalue weighted by molar-refractivity contribution is -0.144. The monoisotopic (exact) mass is 295 g/mol. The lowest BCUT2D eigenvalue weighted by atomic mass is 10.0. The third-order valence-corrected chi connectivity index (χ3v) is 3.41. The van der Waals surface area contributed by atoms with E-state index in [9.17, 15) is 30.3 Å². The van der Waals surface area contributed by atoms with Crippen LogP contribution in [0.4, 0.5) is 0 Å². The molecule has 1 saturated heterocycles. The van der Waals surface area contributed by atoms with Crippen LogP contribution in [0.2, 0.25) is 0 Å². The second-order valence-corrected chi connectivity index (χ2v) is 5.00. The SMILES string of the molecule is O=C(O)[C@@H]1C[C@@H](O)CN1CC(O)C(O)C(O)C(O)CO. The number of nitrogens with zero attached hydrogens (tertiary/aromatic N) is 1. The maximum Gasteiger partial charge on any atom is 0.321 e. The van der Waals surface area contributed by atoms with Crippen LogP contribution >= 0.6 is 0 Å². The molecule has 0 aromatic carbocycles. The third kappa shape index (κ3) is 4.09. The lowest BCUT2D eigenvalue weighted by Crippen LogP contribution is -2.51. The van der Waals surface area contributed by atoms with Crippen LogP contribution in [0.1, 0.15) is 6.42 Å². The van der Waals surface area contributed by atoms with Crippen LogP contribution in [0.25, 0.3) is 0 Å². The predicted molar refractivity (Wildman–Crippen MR) is 64.7 cm³/mol. The van der Waals surface area contributed by atoms with E-state index in [0.29, 0.717) is 0 Å². The predicted octanol–water partition coefficient (Wildman–Crippen LogP) is -4.06. The van der Waals surface area contributed by atoms with Crippen LogP contribution in [0, 0.1) is 0 Å². The highest BCUT2D eigenvalue weighted by molar-refractivity contribution is 5.74. The van der Waals surface area contributed by atoms with Crippen molar-refractivity contribution in [2.45, 2.75) is 43.0 Å². The molecule has 118 valence electrons. The van der Waals surface area contributed by atoms with Crippen LogP contribution in [0.15, 0.2) is 0 Å². The van der Waals surface area contributed by atoms with Crippen molar-refractivity contribution in [1.82, 2.24) is 4.90 Å². The van der Waals surface area contributed by atoms with Gasteiger partial charge in [-0.25, -0.2) is 0 Å². The molecule has 0 aliphatic carbocycles. The minimum Gasteiger partial charge on any atom is -0.480 e. The first-order valence-corrected chi connectivity index (χ1v) is 6.26. The number of aliphatic hydroxyl groups is 6. The van der Waals surface area contributed by atoms with E-state index < -0.39 is 49.1 Å². The first-order valence-electron chi connectivity index (χ1n) is 6.26. The summed E-state index contributed by atoms with van der Waals surface area (Å²) in [5, 5.41) is 65.1. The number of carboxylic acids is 1. The molecule has 0 spiro atoms. The maximum absolute atomic E-state index is 11.0. The van der Waals surface area contributed by atoms with Gasteiger partial charge in [0.2, 0.25) is 0 Å². The standard InChI is InChI=1S/C11H21NO8/c13-4-8(16)10(18)9(17)7(15)3-12-2-5(14)1-6(12)11(19)20/h5-10,13-18H,1-4H2,(H,19,20)/t5-,6+,7?,8?,9?,10?/m1/s1. The van der Waals surface area contributed by atoms with E-state index in [2.05, 4.69) is 0 Å². The highest BCUT2D eigenvalue weighted by atomic mass is 16.4. The molecule has 0 aromatic heterocycles. The van der Waals surface area contributed by atoms with Crippen molar-refractivity contribution in [2.75, 3.05) is 19.7 Å². The number of hydrogen-bond acceptors (Lipinski definition) is 8. The summed E-state index contributed by atoms with van der Waals surface area (Å²) in [6.45, 7) is -1.05. The zero-order valence-corrected chi connectivity index (χ0v) is 10.8. The summed E-state index contributed by atoms with van der Waals surface area (Å²) in [6, 6.07) is -0.980. The summed E-state index contributed by atoms with van der Waals surface area (Å²) in [6.07, 6.45) is -7.47. The molecule has 1 aliphatic rings. The lowest BCUT2D eigenvalue weighted by Gasteiger charge is -2.29. The van der Waals surface area contributed by atoms with Crippen LogP contribution in [-0.2, 0) is 4.79 Å². The van der Waals surface area contributed by atoms with Crippen molar-refractivity contribution in [1.29, 1.82) is 0 Å². The minimum atomic E-state index is -1.76. The minimum absolute atomic E-state index is 0.0139. The van der Waals surface area contributed by atoms with Crippen LogP contribution in [0.3, 0.4) is 0 Å². The quantitative estimate of drug-likeness (QED) is 0.248. The Morgan fingerprint density at radius 2 is 1.70 bits per heavy atom. The van der Waals surface area contributed by atoms with E-state index in [1.54, 1.807) is 0 Å². The largest absolute Gasteiger partial charge is 0.480 e. The fraction of sp³-hybridized carbons (Fsp3) is 0.909. The fourth-order valence-electron chi connectivity index (χ4n) is 2.25. The number of rotatable bonds is 7. The van der Waals surface area contributed by atoms with Gasteiger partial charge in [-0.15, -0.1) is 0 Å². The number of carboxylic acid groups (broad SMARTS) is 1.